The van der Waals surface area contributed by atoms with Crippen LogP contribution in [0.25, 0.3) is 0 Å². The van der Waals surface area contributed by atoms with Gasteiger partial charge in [0.05, 0.1) is 6.54 Å². The first-order valence-corrected chi connectivity index (χ1v) is 7.92. The highest BCUT2D eigenvalue weighted by molar-refractivity contribution is 9.10. The van der Waals surface area contributed by atoms with Crippen LogP contribution in [0, 0.1) is 11.7 Å². The molecule has 1 aromatic rings. The van der Waals surface area contributed by atoms with E-state index in [1.54, 1.807) is 6.07 Å². The van der Waals surface area contributed by atoms with Crippen LogP contribution in [0.1, 0.15) is 18.4 Å². The van der Waals surface area contributed by atoms with Crippen molar-refractivity contribution in [3.63, 3.8) is 0 Å². The van der Waals surface area contributed by atoms with E-state index in [2.05, 4.69) is 26.1 Å². The van der Waals surface area contributed by atoms with Crippen LogP contribution in [0.5, 0.6) is 0 Å². The molecule has 0 aliphatic carbocycles. The summed E-state index contributed by atoms with van der Waals surface area (Å²) in [7, 11) is 0. The Bertz CT molecular complexity index is 499. The van der Waals surface area contributed by atoms with E-state index in [0.717, 1.165) is 30.4 Å². The first-order valence-electron chi connectivity index (χ1n) is 7.13. The minimum Gasteiger partial charge on any atom is -0.480 e. The van der Waals surface area contributed by atoms with E-state index in [-0.39, 0.29) is 12.4 Å². The quantitative estimate of drug-likeness (QED) is 0.820. The topological polar surface area (TPSA) is 52.6 Å². The van der Waals surface area contributed by atoms with Crippen molar-refractivity contribution < 1.29 is 14.3 Å². The van der Waals surface area contributed by atoms with Gasteiger partial charge in [-0.15, -0.1) is 0 Å². The van der Waals surface area contributed by atoms with E-state index >= 15 is 0 Å². The van der Waals surface area contributed by atoms with Crippen LogP contribution in [-0.2, 0) is 11.3 Å². The molecule has 1 fully saturated rings. The summed E-state index contributed by atoms with van der Waals surface area (Å²) in [6, 6.07) is 5.00. The van der Waals surface area contributed by atoms with Gasteiger partial charge in [-0.2, -0.15) is 0 Å². The first kappa shape index (κ1) is 16.4. The number of nitrogens with zero attached hydrogens (tertiary/aromatic N) is 1. The second-order valence-electron chi connectivity index (χ2n) is 5.50. The third-order valence-corrected chi connectivity index (χ3v) is 4.21. The largest absolute Gasteiger partial charge is 0.480 e. The Kier molecular flexibility index (Phi) is 6.14. The fourth-order valence-corrected chi connectivity index (χ4v) is 3.16. The average Bonchev–Trinajstić information content (AvgIpc) is 2.43. The minimum atomic E-state index is -0.834. The van der Waals surface area contributed by atoms with Gasteiger partial charge in [0.1, 0.15) is 5.82 Å². The number of benzene rings is 1. The zero-order valence-electron chi connectivity index (χ0n) is 11.8. The van der Waals surface area contributed by atoms with E-state index in [0.29, 0.717) is 24.6 Å². The second kappa shape index (κ2) is 7.87. The maximum absolute atomic E-state index is 13.8. The molecule has 6 heteroatoms. The third-order valence-electron chi connectivity index (χ3n) is 3.71. The lowest BCUT2D eigenvalue weighted by Crippen LogP contribution is -2.40. The summed E-state index contributed by atoms with van der Waals surface area (Å²) >= 11 is 3.37. The van der Waals surface area contributed by atoms with Crippen LogP contribution in [-0.4, -0.2) is 42.2 Å². The summed E-state index contributed by atoms with van der Waals surface area (Å²) in [5, 5.41) is 11.6. The van der Waals surface area contributed by atoms with Gasteiger partial charge < -0.3 is 10.4 Å². The van der Waals surface area contributed by atoms with Gasteiger partial charge >= 0.3 is 5.97 Å². The molecule has 0 radical (unpaired) electrons. The zero-order valence-corrected chi connectivity index (χ0v) is 13.4. The number of nitrogens with one attached hydrogen (secondary N) is 1. The monoisotopic (exact) mass is 358 g/mol. The van der Waals surface area contributed by atoms with Crippen molar-refractivity contribution in [1.82, 2.24) is 10.2 Å². The second-order valence-corrected chi connectivity index (χ2v) is 6.42. The normalized spacial score (nSPS) is 19.6. The molecule has 2 rings (SSSR count). The van der Waals surface area contributed by atoms with Crippen molar-refractivity contribution in [1.29, 1.82) is 0 Å². The van der Waals surface area contributed by atoms with Gasteiger partial charge in [0.25, 0.3) is 0 Å². The van der Waals surface area contributed by atoms with Gasteiger partial charge in [-0.1, -0.05) is 15.9 Å². The van der Waals surface area contributed by atoms with Gasteiger partial charge in [0.15, 0.2) is 0 Å². The number of rotatable bonds is 6. The Morgan fingerprint density at radius 1 is 1.52 bits per heavy atom. The first-order chi connectivity index (χ1) is 10.0. The number of piperidine rings is 1. The van der Waals surface area contributed by atoms with E-state index in [1.165, 1.54) is 6.07 Å². The van der Waals surface area contributed by atoms with Crippen molar-refractivity contribution in [2.45, 2.75) is 19.4 Å². The number of aliphatic carboxylic acids is 1. The molecular weight excluding hydrogens is 339 g/mol. The number of hydrogen-bond acceptors (Lipinski definition) is 3. The summed E-state index contributed by atoms with van der Waals surface area (Å²) in [4.78, 5) is 12.7. The van der Waals surface area contributed by atoms with Crippen LogP contribution in [0.15, 0.2) is 22.7 Å². The maximum atomic E-state index is 13.8. The Morgan fingerprint density at radius 2 is 2.33 bits per heavy atom. The highest BCUT2D eigenvalue weighted by Crippen LogP contribution is 2.21. The lowest BCUT2D eigenvalue weighted by molar-refractivity contribution is -0.136. The Labute approximate surface area is 132 Å². The average molecular weight is 359 g/mol. The number of likely N-dealkylation sites (tertiary alicyclic amines) is 1. The molecule has 0 amide bonds. The molecule has 1 saturated heterocycles. The third kappa shape index (κ3) is 5.37. The minimum absolute atomic E-state index is 0.00321. The number of carboxylic acids is 1. The zero-order chi connectivity index (χ0) is 15.2. The van der Waals surface area contributed by atoms with Crippen LogP contribution < -0.4 is 5.32 Å². The Morgan fingerprint density at radius 3 is 3.10 bits per heavy atom. The Hall–Kier alpha value is -0.980. The maximum Gasteiger partial charge on any atom is 0.317 e. The molecule has 116 valence electrons. The van der Waals surface area contributed by atoms with Crippen molar-refractivity contribution in [3.05, 3.63) is 34.1 Å². The fourth-order valence-electron chi connectivity index (χ4n) is 2.75. The molecule has 1 aliphatic rings. The van der Waals surface area contributed by atoms with Gasteiger partial charge in [0, 0.05) is 23.1 Å². The molecular formula is C15H20BrFN2O2. The van der Waals surface area contributed by atoms with Crippen molar-refractivity contribution in [2.24, 2.45) is 5.92 Å². The van der Waals surface area contributed by atoms with E-state index in [4.69, 9.17) is 5.11 Å². The van der Waals surface area contributed by atoms with Crippen molar-refractivity contribution in [3.8, 4) is 0 Å². The lowest BCUT2D eigenvalue weighted by atomic mass is 9.97. The van der Waals surface area contributed by atoms with Crippen molar-refractivity contribution >= 4 is 21.9 Å². The molecule has 21 heavy (non-hydrogen) atoms. The summed E-state index contributed by atoms with van der Waals surface area (Å²) in [5.41, 5.74) is 0.698. The molecule has 0 spiro atoms. The van der Waals surface area contributed by atoms with Crippen LogP contribution in [0.3, 0.4) is 0 Å². The molecule has 1 unspecified atom stereocenters. The molecule has 1 heterocycles. The van der Waals surface area contributed by atoms with Gasteiger partial charge in [-0.3, -0.25) is 9.69 Å². The summed E-state index contributed by atoms with van der Waals surface area (Å²) in [6.07, 6.45) is 2.15. The summed E-state index contributed by atoms with van der Waals surface area (Å²) in [6.45, 7) is 3.13. The number of halogens is 2. The SMILES string of the molecule is O=C(O)CNCC1CCCN(Cc2cc(Br)ccc2F)C1. The van der Waals surface area contributed by atoms with Crippen LogP contribution >= 0.6 is 15.9 Å². The van der Waals surface area contributed by atoms with E-state index in [9.17, 15) is 9.18 Å². The number of hydrogen-bond donors (Lipinski definition) is 2. The Balaban J connectivity index is 1.86. The fraction of sp³-hybridized carbons (Fsp3) is 0.533. The van der Waals surface area contributed by atoms with Crippen molar-refractivity contribution in [2.75, 3.05) is 26.2 Å². The van der Waals surface area contributed by atoms with E-state index in [1.807, 2.05) is 6.07 Å². The molecule has 1 aliphatic heterocycles. The predicted molar refractivity (Wildman–Crippen MR) is 82.6 cm³/mol. The van der Waals surface area contributed by atoms with Gasteiger partial charge in [-0.25, -0.2) is 4.39 Å². The number of carbonyl (C=O) groups is 1. The molecule has 0 bridgehead atoms. The molecule has 1 aromatic carbocycles. The summed E-state index contributed by atoms with van der Waals surface area (Å²) in [5.74, 6) is -0.587. The smallest absolute Gasteiger partial charge is 0.317 e. The predicted octanol–water partition coefficient (Wildman–Crippen LogP) is 2.47. The number of carboxylic acid groups (broad SMARTS) is 1. The molecule has 0 saturated carbocycles. The highest BCUT2D eigenvalue weighted by atomic mass is 79.9. The van der Waals surface area contributed by atoms with Crippen LogP contribution in [0.4, 0.5) is 4.39 Å². The van der Waals surface area contributed by atoms with Gasteiger partial charge in [0.2, 0.25) is 0 Å². The van der Waals surface area contributed by atoms with Gasteiger partial charge in [-0.05, 0) is 50.0 Å². The lowest BCUT2D eigenvalue weighted by Gasteiger charge is -2.33. The highest BCUT2D eigenvalue weighted by Gasteiger charge is 2.20. The molecule has 4 nitrogen and oxygen atoms in total. The molecule has 0 aromatic heterocycles. The molecule has 2 N–H and O–H groups in total. The standard InChI is InChI=1S/C15H20BrFN2O2/c16-13-3-4-14(17)12(6-13)10-19-5-1-2-11(9-19)7-18-8-15(20)21/h3-4,6,11,18H,1-2,5,7-10H2,(H,20,21). The van der Waals surface area contributed by atoms with Crippen LogP contribution in [0.2, 0.25) is 0 Å². The van der Waals surface area contributed by atoms with E-state index < -0.39 is 5.97 Å². The summed E-state index contributed by atoms with van der Waals surface area (Å²) < 4.78 is 14.7. The molecule has 1 atom stereocenters.